The summed E-state index contributed by atoms with van der Waals surface area (Å²) in [4.78, 5) is 38.5. The molecule has 4 amide bonds. The third-order valence-electron chi connectivity index (χ3n) is 8.51. The van der Waals surface area contributed by atoms with Crippen molar-refractivity contribution in [3.63, 3.8) is 0 Å². The van der Waals surface area contributed by atoms with Crippen LogP contribution in [-0.4, -0.2) is 58.8 Å². The fourth-order valence-electron chi connectivity index (χ4n) is 5.87. The van der Waals surface area contributed by atoms with Gasteiger partial charge >= 0.3 is 12.1 Å². The number of hydrogen-bond acceptors (Lipinski definition) is 8. The number of hydrazone groups is 2. The number of aromatic nitrogens is 2. The summed E-state index contributed by atoms with van der Waals surface area (Å²) in [7, 11) is 1.59. The van der Waals surface area contributed by atoms with Crippen molar-refractivity contribution >= 4 is 78.1 Å². The van der Waals surface area contributed by atoms with Crippen LogP contribution < -0.4 is 24.6 Å². The number of pyridine rings is 2. The largest absolute Gasteiger partial charge is 0.506 e. The number of phenolic OH excluding ortho intramolecular Hbond substituents is 1. The first kappa shape index (κ1) is 37.0. The van der Waals surface area contributed by atoms with Gasteiger partial charge in [0, 0.05) is 21.3 Å². The number of para-hydroxylation sites is 6. The molecule has 8 rings (SSSR count). The van der Waals surface area contributed by atoms with Crippen LogP contribution in [0.4, 0.5) is 32.3 Å². The third kappa shape index (κ3) is 7.95. The van der Waals surface area contributed by atoms with Gasteiger partial charge in [0.15, 0.2) is 0 Å². The van der Waals surface area contributed by atoms with E-state index in [2.05, 4.69) is 52.0 Å². The molecule has 0 unspecified atom stereocenters. The summed E-state index contributed by atoms with van der Waals surface area (Å²) in [5, 5.41) is 22.2. The minimum atomic E-state index is -0.358. The van der Waals surface area contributed by atoms with Crippen molar-refractivity contribution in [3.8, 4) is 11.5 Å². The summed E-state index contributed by atoms with van der Waals surface area (Å²) in [6, 6.07) is 39.5. The standard InChI is InChI=1S/C21H17BrN4O2.C20H15BrN4O2/c1-28-20-12-5-4-11-19(20)25-14-17(16-9-6-7-13-23-16)24-26(21(25)27)18-10-3-2-8-15(18)22;21-14-7-1-2-9-17(14)25-20(27)24(18-10-3-4-11-19(18)26)13-16(23-25)15-8-5-6-12-22-15/h2-13H,14H2,1H3;1-12,26H,13H2. The molecule has 4 aromatic carbocycles. The zero-order chi connectivity index (χ0) is 38.3. The number of halogens is 2. The van der Waals surface area contributed by atoms with E-state index in [4.69, 9.17) is 4.74 Å². The molecule has 274 valence electrons. The van der Waals surface area contributed by atoms with Gasteiger partial charge in [0.05, 0.1) is 54.3 Å². The lowest BCUT2D eigenvalue weighted by Crippen LogP contribution is -2.49. The molecule has 0 aliphatic carbocycles. The van der Waals surface area contributed by atoms with Crippen LogP contribution in [0, 0.1) is 0 Å². The molecular weight excluding hydrogens is 828 g/mol. The van der Waals surface area contributed by atoms with E-state index >= 15 is 0 Å². The Labute approximate surface area is 333 Å². The first-order chi connectivity index (χ1) is 26.8. The van der Waals surface area contributed by atoms with Crippen LogP contribution >= 0.6 is 31.9 Å². The number of methoxy groups -OCH3 is 1. The Morgan fingerprint density at radius 1 is 0.545 bits per heavy atom. The first-order valence-corrected chi connectivity index (χ1v) is 18.5. The van der Waals surface area contributed by atoms with Crippen LogP contribution in [0.5, 0.6) is 11.5 Å². The van der Waals surface area contributed by atoms with Crippen molar-refractivity contribution in [2.75, 3.05) is 40.0 Å². The Kier molecular flexibility index (Phi) is 11.3. The highest BCUT2D eigenvalue weighted by Gasteiger charge is 2.34. The second-order valence-corrected chi connectivity index (χ2v) is 13.7. The Balaban J connectivity index is 0.000000169. The van der Waals surface area contributed by atoms with Crippen molar-refractivity contribution in [1.29, 1.82) is 0 Å². The van der Waals surface area contributed by atoms with Crippen molar-refractivity contribution in [2.45, 2.75) is 0 Å². The van der Waals surface area contributed by atoms with Crippen molar-refractivity contribution in [3.05, 3.63) is 166 Å². The Morgan fingerprint density at radius 2 is 0.964 bits per heavy atom. The lowest BCUT2D eigenvalue weighted by molar-refractivity contribution is 0.250. The molecule has 0 radical (unpaired) electrons. The molecule has 0 fully saturated rings. The van der Waals surface area contributed by atoms with Gasteiger partial charge in [0.1, 0.15) is 22.9 Å². The van der Waals surface area contributed by atoms with E-state index in [1.165, 1.54) is 14.9 Å². The van der Waals surface area contributed by atoms with Crippen LogP contribution in [0.25, 0.3) is 0 Å². The third-order valence-corrected chi connectivity index (χ3v) is 9.85. The smallest absolute Gasteiger partial charge is 0.350 e. The molecule has 2 aliphatic heterocycles. The van der Waals surface area contributed by atoms with Crippen LogP contribution in [0.2, 0.25) is 0 Å². The predicted molar refractivity (Wildman–Crippen MR) is 221 cm³/mol. The number of ether oxygens (including phenoxy) is 1. The van der Waals surface area contributed by atoms with E-state index in [9.17, 15) is 14.7 Å². The molecule has 0 spiro atoms. The molecule has 0 saturated carbocycles. The number of amides is 4. The minimum absolute atomic E-state index is 0.0280. The van der Waals surface area contributed by atoms with Gasteiger partial charge in [0.25, 0.3) is 0 Å². The summed E-state index contributed by atoms with van der Waals surface area (Å²) in [6.45, 7) is 0.492. The van der Waals surface area contributed by atoms with E-state index in [1.54, 1.807) is 54.7 Å². The normalized spacial score (nSPS) is 14.2. The summed E-state index contributed by atoms with van der Waals surface area (Å²) < 4.78 is 6.99. The predicted octanol–water partition coefficient (Wildman–Crippen LogP) is 9.10. The topological polar surface area (TPSA) is 127 Å². The Hall–Kier alpha value is -6.38. The molecule has 0 bridgehead atoms. The van der Waals surface area contributed by atoms with Gasteiger partial charge in [0.2, 0.25) is 0 Å². The van der Waals surface area contributed by atoms with E-state index in [-0.39, 0.29) is 30.9 Å². The van der Waals surface area contributed by atoms with Crippen molar-refractivity contribution in [1.82, 2.24) is 9.97 Å². The Bertz CT molecular complexity index is 2400. The number of rotatable bonds is 7. The number of phenols is 1. The molecule has 2 aromatic heterocycles. The number of nitrogens with zero attached hydrogens (tertiary/aromatic N) is 8. The lowest BCUT2D eigenvalue weighted by Gasteiger charge is -2.33. The molecule has 2 aliphatic rings. The zero-order valence-corrected chi connectivity index (χ0v) is 32.4. The van der Waals surface area contributed by atoms with Crippen LogP contribution in [0.3, 0.4) is 0 Å². The molecule has 14 heteroatoms. The summed E-state index contributed by atoms with van der Waals surface area (Å²) in [5.74, 6) is 0.644. The van der Waals surface area contributed by atoms with Gasteiger partial charge in [-0.1, -0.05) is 60.7 Å². The zero-order valence-electron chi connectivity index (χ0n) is 29.3. The van der Waals surface area contributed by atoms with Gasteiger partial charge in [-0.2, -0.15) is 20.2 Å². The summed E-state index contributed by atoms with van der Waals surface area (Å²) >= 11 is 7.00. The van der Waals surface area contributed by atoms with Crippen molar-refractivity contribution in [2.24, 2.45) is 10.2 Å². The molecule has 55 heavy (non-hydrogen) atoms. The van der Waals surface area contributed by atoms with Crippen LogP contribution in [0.15, 0.2) is 165 Å². The number of benzene rings is 4. The maximum atomic E-state index is 13.4. The van der Waals surface area contributed by atoms with Gasteiger partial charge in [-0.3, -0.25) is 19.8 Å². The monoisotopic (exact) mass is 858 g/mol. The average Bonchev–Trinajstić information content (AvgIpc) is 3.23. The number of carbonyl (C=O) groups excluding carboxylic acids is 2. The highest BCUT2D eigenvalue weighted by Crippen LogP contribution is 2.35. The van der Waals surface area contributed by atoms with E-state index in [0.29, 0.717) is 51.3 Å². The maximum absolute atomic E-state index is 13.4. The molecular formula is C41H32Br2N8O4. The van der Waals surface area contributed by atoms with Gasteiger partial charge in [-0.15, -0.1) is 0 Å². The van der Waals surface area contributed by atoms with Gasteiger partial charge < -0.3 is 9.84 Å². The number of anilines is 4. The lowest BCUT2D eigenvalue weighted by atomic mass is 10.2. The molecule has 12 nitrogen and oxygen atoms in total. The second-order valence-electron chi connectivity index (χ2n) is 11.9. The SMILES string of the molecule is COc1ccccc1N1CC(c2ccccn2)=NN(c2ccccc2Br)C1=O.O=C1N(c2ccccc2O)CC(c2ccccn2)=NN1c1ccccc1Br. The molecule has 0 saturated heterocycles. The van der Waals surface area contributed by atoms with E-state index in [1.807, 2.05) is 103 Å². The quantitative estimate of drug-likeness (QED) is 0.171. The first-order valence-electron chi connectivity index (χ1n) is 16.9. The highest BCUT2D eigenvalue weighted by molar-refractivity contribution is 9.11. The van der Waals surface area contributed by atoms with Crippen LogP contribution in [-0.2, 0) is 0 Å². The van der Waals surface area contributed by atoms with Crippen LogP contribution in [0.1, 0.15) is 11.4 Å². The highest BCUT2D eigenvalue weighted by atomic mass is 79.9. The maximum Gasteiger partial charge on any atom is 0.350 e. The molecule has 4 heterocycles. The number of urea groups is 2. The minimum Gasteiger partial charge on any atom is -0.506 e. The fourth-order valence-corrected chi connectivity index (χ4v) is 6.77. The molecule has 0 atom stereocenters. The van der Waals surface area contributed by atoms with Crippen molar-refractivity contribution < 1.29 is 19.4 Å². The van der Waals surface area contributed by atoms with Gasteiger partial charge in [-0.25, -0.2) is 9.59 Å². The molecule has 6 aromatic rings. The summed E-state index contributed by atoms with van der Waals surface area (Å²) in [6.07, 6.45) is 3.39. The van der Waals surface area contributed by atoms with E-state index in [0.717, 1.165) is 8.95 Å². The number of hydrogen-bond donors (Lipinski definition) is 1. The second kappa shape index (κ2) is 16.7. The average molecular weight is 861 g/mol. The summed E-state index contributed by atoms with van der Waals surface area (Å²) in [5.41, 5.74) is 5.04. The van der Waals surface area contributed by atoms with Gasteiger partial charge in [-0.05, 0) is 105 Å². The number of carbonyl (C=O) groups is 2. The molecule has 1 N–H and O–H groups in total. The fraction of sp³-hybridized carbons (Fsp3) is 0.0732. The number of aromatic hydroxyl groups is 1. The van der Waals surface area contributed by atoms with E-state index < -0.39 is 0 Å². The Morgan fingerprint density at radius 3 is 1.42 bits per heavy atom.